The Labute approximate surface area is 169 Å². The van der Waals surface area contributed by atoms with E-state index in [0.29, 0.717) is 23.7 Å². The van der Waals surface area contributed by atoms with Gasteiger partial charge in [-0.25, -0.2) is 0 Å². The van der Waals surface area contributed by atoms with E-state index in [1.54, 1.807) is 0 Å². The van der Waals surface area contributed by atoms with Gasteiger partial charge in [0, 0.05) is 5.92 Å². The lowest BCUT2D eigenvalue weighted by Gasteiger charge is -2.48. The summed E-state index contributed by atoms with van der Waals surface area (Å²) in [5.41, 5.74) is 1.94. The lowest BCUT2D eigenvalue weighted by molar-refractivity contribution is -0.181. The number of hydrogen-bond acceptors (Lipinski definition) is 2. The molecule has 0 saturated heterocycles. The van der Waals surface area contributed by atoms with E-state index < -0.39 is 5.60 Å². The van der Waals surface area contributed by atoms with Crippen LogP contribution >= 0.6 is 0 Å². The van der Waals surface area contributed by atoms with Crippen LogP contribution < -0.4 is 0 Å². The zero-order valence-electron chi connectivity index (χ0n) is 17.3. The van der Waals surface area contributed by atoms with Gasteiger partial charge in [0.2, 0.25) is 0 Å². The Morgan fingerprint density at radius 1 is 1.00 bits per heavy atom. The Bertz CT molecular complexity index is 798. The Balaban J connectivity index is 1.62. The second-order valence-corrected chi connectivity index (χ2v) is 9.27. The van der Waals surface area contributed by atoms with Crippen LogP contribution in [0.1, 0.15) is 63.5 Å². The molecule has 0 radical (unpaired) electrons. The predicted molar refractivity (Wildman–Crippen MR) is 113 cm³/mol. The minimum atomic E-state index is -0.492. The summed E-state index contributed by atoms with van der Waals surface area (Å²) in [5.74, 6) is 1.73. The molecule has 0 amide bonds. The zero-order chi connectivity index (χ0) is 19.7. The first kappa shape index (κ1) is 19.2. The van der Waals surface area contributed by atoms with Gasteiger partial charge in [0.05, 0.1) is 5.92 Å². The Morgan fingerprint density at radius 3 is 2.29 bits per heavy atom. The van der Waals surface area contributed by atoms with Crippen molar-refractivity contribution < 1.29 is 9.53 Å². The molecule has 0 aromatic heterocycles. The third-order valence-corrected chi connectivity index (χ3v) is 6.89. The van der Waals surface area contributed by atoms with Gasteiger partial charge in [0.25, 0.3) is 0 Å². The maximum Gasteiger partial charge on any atom is 0.310 e. The van der Waals surface area contributed by atoms with E-state index in [9.17, 15) is 4.79 Å². The molecule has 2 aliphatic rings. The van der Waals surface area contributed by atoms with Gasteiger partial charge in [0.1, 0.15) is 5.60 Å². The maximum atomic E-state index is 13.3. The average molecular weight is 377 g/mol. The van der Waals surface area contributed by atoms with Crippen LogP contribution in [-0.4, -0.2) is 5.97 Å². The summed E-state index contributed by atoms with van der Waals surface area (Å²) in [6, 6.07) is 20.9. The van der Waals surface area contributed by atoms with Crippen LogP contribution in [0, 0.1) is 23.7 Å². The Hall–Kier alpha value is -2.09. The van der Waals surface area contributed by atoms with Gasteiger partial charge in [-0.05, 0) is 48.1 Å². The van der Waals surface area contributed by atoms with Gasteiger partial charge in [-0.2, -0.15) is 0 Å². The van der Waals surface area contributed by atoms with Crippen LogP contribution in [0.4, 0.5) is 0 Å². The van der Waals surface area contributed by atoms with Crippen LogP contribution in [0.25, 0.3) is 0 Å². The zero-order valence-corrected chi connectivity index (χ0v) is 17.3. The van der Waals surface area contributed by atoms with Crippen LogP contribution in [0.5, 0.6) is 0 Å². The number of ether oxygens (including phenoxy) is 1. The molecule has 2 aromatic rings. The van der Waals surface area contributed by atoms with E-state index in [4.69, 9.17) is 4.74 Å². The van der Waals surface area contributed by atoms with Crippen LogP contribution in [-0.2, 0) is 15.1 Å². The molecule has 2 aromatic carbocycles. The Kier molecular flexibility index (Phi) is 5.31. The molecule has 2 heteroatoms. The molecule has 2 fully saturated rings. The fourth-order valence-electron chi connectivity index (χ4n) is 5.35. The fourth-order valence-corrected chi connectivity index (χ4v) is 5.35. The van der Waals surface area contributed by atoms with Crippen LogP contribution in [0.3, 0.4) is 0 Å². The van der Waals surface area contributed by atoms with Crippen molar-refractivity contribution in [3.63, 3.8) is 0 Å². The molecular weight excluding hydrogens is 344 g/mol. The van der Waals surface area contributed by atoms with E-state index in [1.807, 2.05) is 12.1 Å². The molecule has 2 aliphatic carbocycles. The molecule has 0 N–H and O–H groups in total. The number of carbonyl (C=O) groups is 1. The number of carbonyl (C=O) groups excluding carboxylic acids is 1. The van der Waals surface area contributed by atoms with Gasteiger partial charge in [-0.15, -0.1) is 0 Å². The van der Waals surface area contributed by atoms with E-state index in [1.165, 1.54) is 17.5 Å². The van der Waals surface area contributed by atoms with E-state index in [2.05, 4.69) is 69.3 Å². The highest BCUT2D eigenvalue weighted by molar-refractivity contribution is 5.78. The summed E-state index contributed by atoms with van der Waals surface area (Å²) in [5, 5.41) is 0. The quantitative estimate of drug-likeness (QED) is 0.571. The topological polar surface area (TPSA) is 26.3 Å². The second-order valence-electron chi connectivity index (χ2n) is 9.27. The van der Waals surface area contributed by atoms with Crippen LogP contribution in [0.2, 0.25) is 0 Å². The molecule has 4 rings (SSSR count). The first-order chi connectivity index (χ1) is 13.5. The number of rotatable bonds is 5. The van der Waals surface area contributed by atoms with Crippen molar-refractivity contribution in [2.75, 3.05) is 0 Å². The third kappa shape index (κ3) is 3.62. The third-order valence-electron chi connectivity index (χ3n) is 6.89. The standard InChI is InChI=1S/C26H32O2/c1-18(2)24-15-14-19(3)17-26(24,21-12-8-5-9-13-21)28-25(27)23-16-22(23)20-10-6-4-7-11-20/h4-13,18-19,22-24H,14-17H2,1-3H3/t19-,22-,23+,24+,26+/m1/s1. The molecule has 28 heavy (non-hydrogen) atoms. The lowest BCUT2D eigenvalue weighted by atomic mass is 9.64. The molecule has 2 nitrogen and oxygen atoms in total. The van der Waals surface area contributed by atoms with Gasteiger partial charge in [0.15, 0.2) is 0 Å². The summed E-state index contributed by atoms with van der Waals surface area (Å²) < 4.78 is 6.55. The maximum absolute atomic E-state index is 13.3. The highest BCUT2D eigenvalue weighted by atomic mass is 16.6. The van der Waals surface area contributed by atoms with Gasteiger partial charge < -0.3 is 4.74 Å². The lowest BCUT2D eigenvalue weighted by Crippen LogP contribution is -2.47. The number of esters is 1. The summed E-state index contributed by atoms with van der Waals surface area (Å²) in [6.45, 7) is 6.85. The first-order valence-corrected chi connectivity index (χ1v) is 10.8. The van der Waals surface area contributed by atoms with Crippen molar-refractivity contribution in [1.29, 1.82) is 0 Å². The minimum Gasteiger partial charge on any atom is -0.454 e. The largest absolute Gasteiger partial charge is 0.454 e. The highest BCUT2D eigenvalue weighted by Crippen LogP contribution is 2.53. The predicted octanol–water partition coefficient (Wildman–Crippen LogP) is 6.32. The summed E-state index contributed by atoms with van der Waals surface area (Å²) >= 11 is 0. The van der Waals surface area contributed by atoms with Crippen molar-refractivity contribution in [2.45, 2.75) is 58.0 Å². The first-order valence-electron chi connectivity index (χ1n) is 10.8. The van der Waals surface area contributed by atoms with Crippen LogP contribution in [0.15, 0.2) is 60.7 Å². The minimum absolute atomic E-state index is 0.00236. The monoisotopic (exact) mass is 376 g/mol. The fraction of sp³-hybridized carbons (Fsp3) is 0.500. The SMILES string of the molecule is CC(C)[C@@H]1CC[C@@H](C)C[C@]1(OC(=O)[C@H]1C[C@@H]1c1ccccc1)c1ccccc1. The van der Waals surface area contributed by atoms with E-state index in [-0.39, 0.29) is 11.9 Å². The summed E-state index contributed by atoms with van der Waals surface area (Å²) in [6.07, 6.45) is 4.17. The van der Waals surface area contributed by atoms with Crippen molar-refractivity contribution in [3.8, 4) is 0 Å². The smallest absolute Gasteiger partial charge is 0.310 e. The average Bonchev–Trinajstić information content (AvgIpc) is 3.50. The van der Waals surface area contributed by atoms with E-state index in [0.717, 1.165) is 19.3 Å². The van der Waals surface area contributed by atoms with E-state index >= 15 is 0 Å². The summed E-state index contributed by atoms with van der Waals surface area (Å²) in [7, 11) is 0. The number of benzene rings is 2. The molecule has 0 unspecified atom stereocenters. The molecule has 5 atom stereocenters. The summed E-state index contributed by atoms with van der Waals surface area (Å²) in [4.78, 5) is 13.3. The molecule has 0 spiro atoms. The van der Waals surface area contributed by atoms with Crippen molar-refractivity contribution in [3.05, 3.63) is 71.8 Å². The molecule has 148 valence electrons. The molecular formula is C26H32O2. The molecule has 2 saturated carbocycles. The van der Waals surface area contributed by atoms with Crippen molar-refractivity contribution >= 4 is 5.97 Å². The molecule has 0 aliphatic heterocycles. The molecule has 0 heterocycles. The van der Waals surface area contributed by atoms with Gasteiger partial charge in [-0.1, -0.05) is 87.9 Å². The highest BCUT2D eigenvalue weighted by Gasteiger charge is 2.52. The molecule has 0 bridgehead atoms. The normalized spacial score (nSPS) is 32.1. The van der Waals surface area contributed by atoms with Gasteiger partial charge >= 0.3 is 5.97 Å². The van der Waals surface area contributed by atoms with Crippen molar-refractivity contribution in [1.82, 2.24) is 0 Å². The second kappa shape index (κ2) is 7.73. The van der Waals surface area contributed by atoms with Crippen molar-refractivity contribution in [2.24, 2.45) is 23.7 Å². The van der Waals surface area contributed by atoms with Gasteiger partial charge in [-0.3, -0.25) is 4.79 Å². The number of hydrogen-bond donors (Lipinski definition) is 0. The Morgan fingerprint density at radius 2 is 1.64 bits per heavy atom.